The maximum atomic E-state index is 12.4. The van der Waals surface area contributed by atoms with Crippen molar-refractivity contribution in [3.8, 4) is 0 Å². The number of nitrogens with two attached hydrogens (primary N) is 1. The van der Waals surface area contributed by atoms with Crippen LogP contribution in [-0.2, 0) is 4.79 Å². The standard InChI is InChI=1S/C16H30N2OS/c1-5-15(4,13(17)20)14(19)18-11-16(10-12(2)3)8-6-7-9-16/h12H,5-11H2,1-4H3,(H2,17,20)(H,18,19). The molecular formula is C16H30N2OS. The van der Waals surface area contributed by atoms with Crippen molar-refractivity contribution in [1.82, 2.24) is 5.32 Å². The van der Waals surface area contributed by atoms with E-state index in [0.29, 0.717) is 17.3 Å². The van der Waals surface area contributed by atoms with Crippen LogP contribution in [0.4, 0.5) is 0 Å². The van der Waals surface area contributed by atoms with E-state index in [2.05, 4.69) is 19.2 Å². The molecule has 116 valence electrons. The molecule has 1 amide bonds. The molecule has 0 bridgehead atoms. The molecule has 0 aliphatic heterocycles. The van der Waals surface area contributed by atoms with E-state index in [4.69, 9.17) is 18.0 Å². The Morgan fingerprint density at radius 3 is 2.35 bits per heavy atom. The zero-order chi connectivity index (χ0) is 15.4. The highest BCUT2D eigenvalue weighted by atomic mass is 32.1. The molecule has 0 aromatic rings. The monoisotopic (exact) mass is 298 g/mol. The largest absolute Gasteiger partial charge is 0.392 e. The normalized spacial score (nSPS) is 20.6. The molecule has 0 aromatic carbocycles. The molecule has 4 heteroatoms. The molecule has 1 saturated carbocycles. The van der Waals surface area contributed by atoms with Gasteiger partial charge in [0.1, 0.15) is 0 Å². The molecule has 0 saturated heterocycles. The van der Waals surface area contributed by atoms with Crippen LogP contribution in [0.15, 0.2) is 0 Å². The van der Waals surface area contributed by atoms with Gasteiger partial charge in [0.05, 0.1) is 10.4 Å². The van der Waals surface area contributed by atoms with Gasteiger partial charge in [-0.1, -0.05) is 45.8 Å². The van der Waals surface area contributed by atoms with Gasteiger partial charge in [0, 0.05) is 6.54 Å². The van der Waals surface area contributed by atoms with Crippen molar-refractivity contribution in [3.05, 3.63) is 0 Å². The summed E-state index contributed by atoms with van der Waals surface area (Å²) >= 11 is 5.07. The predicted octanol–water partition coefficient (Wildman–Crippen LogP) is 3.41. The molecule has 3 nitrogen and oxygen atoms in total. The molecule has 1 fully saturated rings. The highest BCUT2D eigenvalue weighted by Crippen LogP contribution is 2.42. The number of carbonyl (C=O) groups is 1. The van der Waals surface area contributed by atoms with Gasteiger partial charge in [0.25, 0.3) is 0 Å². The van der Waals surface area contributed by atoms with Crippen LogP contribution >= 0.6 is 12.2 Å². The Labute approximate surface area is 129 Å². The summed E-state index contributed by atoms with van der Waals surface area (Å²) in [6.45, 7) is 9.08. The van der Waals surface area contributed by atoms with Gasteiger partial charge in [-0.15, -0.1) is 0 Å². The van der Waals surface area contributed by atoms with Crippen molar-refractivity contribution >= 4 is 23.1 Å². The second kappa shape index (κ2) is 6.88. The van der Waals surface area contributed by atoms with Gasteiger partial charge in [-0.05, 0) is 43.9 Å². The van der Waals surface area contributed by atoms with Crippen LogP contribution in [0.5, 0.6) is 0 Å². The van der Waals surface area contributed by atoms with E-state index >= 15 is 0 Å². The lowest BCUT2D eigenvalue weighted by molar-refractivity contribution is -0.127. The Kier molecular flexibility index (Phi) is 5.99. The second-order valence-electron chi connectivity index (χ2n) is 7.04. The molecule has 1 rings (SSSR count). The third-order valence-corrected chi connectivity index (χ3v) is 5.33. The number of thiocarbonyl (C=S) groups is 1. The number of nitrogens with one attached hydrogen (secondary N) is 1. The summed E-state index contributed by atoms with van der Waals surface area (Å²) in [5, 5.41) is 3.14. The van der Waals surface area contributed by atoms with Crippen LogP contribution in [0.2, 0.25) is 0 Å². The van der Waals surface area contributed by atoms with Gasteiger partial charge in [-0.2, -0.15) is 0 Å². The smallest absolute Gasteiger partial charge is 0.232 e. The molecule has 0 radical (unpaired) electrons. The number of carbonyl (C=O) groups excluding carboxylic acids is 1. The number of rotatable bonds is 7. The van der Waals surface area contributed by atoms with E-state index in [-0.39, 0.29) is 11.3 Å². The van der Waals surface area contributed by atoms with Gasteiger partial charge < -0.3 is 11.1 Å². The number of amides is 1. The third kappa shape index (κ3) is 3.94. The Bertz CT molecular complexity index is 361. The molecule has 1 aliphatic rings. The average Bonchev–Trinajstić information content (AvgIpc) is 2.82. The first kappa shape index (κ1) is 17.4. The van der Waals surface area contributed by atoms with Crippen molar-refractivity contribution in [2.45, 2.75) is 66.2 Å². The van der Waals surface area contributed by atoms with E-state index in [1.807, 2.05) is 13.8 Å². The van der Waals surface area contributed by atoms with Crippen molar-refractivity contribution in [2.75, 3.05) is 6.54 Å². The molecule has 0 heterocycles. The van der Waals surface area contributed by atoms with E-state index in [0.717, 1.165) is 6.54 Å². The van der Waals surface area contributed by atoms with Crippen LogP contribution < -0.4 is 11.1 Å². The second-order valence-corrected chi connectivity index (χ2v) is 7.48. The lowest BCUT2D eigenvalue weighted by atomic mass is 9.78. The van der Waals surface area contributed by atoms with Crippen molar-refractivity contribution in [2.24, 2.45) is 22.5 Å². The lowest BCUT2D eigenvalue weighted by Crippen LogP contribution is -2.49. The van der Waals surface area contributed by atoms with E-state index in [9.17, 15) is 4.79 Å². The van der Waals surface area contributed by atoms with Crippen LogP contribution in [0.3, 0.4) is 0 Å². The zero-order valence-electron chi connectivity index (χ0n) is 13.4. The summed E-state index contributed by atoms with van der Waals surface area (Å²) in [5.74, 6) is 0.653. The van der Waals surface area contributed by atoms with Gasteiger partial charge in [0.2, 0.25) is 5.91 Å². The fraction of sp³-hybridized carbons (Fsp3) is 0.875. The van der Waals surface area contributed by atoms with Crippen LogP contribution in [0, 0.1) is 16.7 Å². The minimum absolute atomic E-state index is 0.0115. The van der Waals surface area contributed by atoms with Crippen molar-refractivity contribution < 1.29 is 4.79 Å². The summed E-state index contributed by atoms with van der Waals surface area (Å²) in [6.07, 6.45) is 6.84. The molecule has 0 aromatic heterocycles. The SMILES string of the molecule is CCC(C)(C(=O)NCC1(CC(C)C)CCCC1)C(N)=S. The average molecular weight is 298 g/mol. The Balaban J connectivity index is 2.68. The summed E-state index contributed by atoms with van der Waals surface area (Å²) < 4.78 is 0. The first-order valence-electron chi connectivity index (χ1n) is 7.84. The topological polar surface area (TPSA) is 55.1 Å². The van der Waals surface area contributed by atoms with Crippen molar-refractivity contribution in [3.63, 3.8) is 0 Å². The molecule has 3 N–H and O–H groups in total. The first-order valence-corrected chi connectivity index (χ1v) is 8.25. The zero-order valence-corrected chi connectivity index (χ0v) is 14.2. The summed E-state index contributed by atoms with van der Waals surface area (Å²) in [5.41, 5.74) is 5.32. The fourth-order valence-corrected chi connectivity index (χ4v) is 3.59. The summed E-state index contributed by atoms with van der Waals surface area (Å²) in [4.78, 5) is 12.7. The quantitative estimate of drug-likeness (QED) is 0.708. The van der Waals surface area contributed by atoms with E-state index in [1.54, 1.807) is 0 Å². The molecule has 1 aliphatic carbocycles. The Hall–Kier alpha value is -0.640. The Morgan fingerprint density at radius 1 is 1.40 bits per heavy atom. The van der Waals surface area contributed by atoms with Gasteiger partial charge in [0.15, 0.2) is 0 Å². The highest BCUT2D eigenvalue weighted by molar-refractivity contribution is 7.80. The highest BCUT2D eigenvalue weighted by Gasteiger charge is 2.38. The van der Waals surface area contributed by atoms with E-state index in [1.165, 1.54) is 32.1 Å². The lowest BCUT2D eigenvalue weighted by Gasteiger charge is -2.33. The molecule has 1 unspecified atom stereocenters. The molecule has 0 spiro atoms. The van der Waals surface area contributed by atoms with Crippen LogP contribution in [0.1, 0.15) is 66.2 Å². The molecule has 1 atom stereocenters. The van der Waals surface area contributed by atoms with Gasteiger partial charge in [-0.25, -0.2) is 0 Å². The Morgan fingerprint density at radius 2 is 1.95 bits per heavy atom. The third-order valence-electron chi connectivity index (χ3n) is 4.88. The van der Waals surface area contributed by atoms with Crippen LogP contribution in [0.25, 0.3) is 0 Å². The minimum atomic E-state index is -0.715. The van der Waals surface area contributed by atoms with Crippen LogP contribution in [-0.4, -0.2) is 17.4 Å². The minimum Gasteiger partial charge on any atom is -0.392 e. The van der Waals surface area contributed by atoms with Crippen molar-refractivity contribution in [1.29, 1.82) is 0 Å². The first-order chi connectivity index (χ1) is 9.26. The maximum absolute atomic E-state index is 12.4. The van der Waals surface area contributed by atoms with Gasteiger partial charge >= 0.3 is 0 Å². The summed E-state index contributed by atoms with van der Waals surface area (Å²) in [7, 11) is 0. The predicted molar refractivity (Wildman–Crippen MR) is 88.5 cm³/mol. The summed E-state index contributed by atoms with van der Waals surface area (Å²) in [6, 6.07) is 0. The number of hydrogen-bond donors (Lipinski definition) is 2. The van der Waals surface area contributed by atoms with E-state index < -0.39 is 5.41 Å². The van der Waals surface area contributed by atoms with Gasteiger partial charge in [-0.3, -0.25) is 4.79 Å². The fourth-order valence-electron chi connectivity index (χ4n) is 3.35. The molecule has 20 heavy (non-hydrogen) atoms. The number of hydrogen-bond acceptors (Lipinski definition) is 2. The maximum Gasteiger partial charge on any atom is 0.232 e. The molecular weight excluding hydrogens is 268 g/mol.